The number of nitrogens with one attached hydrogen (secondary N) is 1. The molecule has 2 aliphatic rings. The Kier molecular flexibility index (Phi) is 5.62. The third-order valence-corrected chi connectivity index (χ3v) is 4.49. The second-order valence-electron chi connectivity index (χ2n) is 6.65. The van der Waals surface area contributed by atoms with Crippen LogP contribution in [0, 0.1) is 5.92 Å². The summed E-state index contributed by atoms with van der Waals surface area (Å²) in [6.07, 6.45) is 5.00. The molecule has 2 saturated heterocycles. The van der Waals surface area contributed by atoms with Crippen LogP contribution in [0.15, 0.2) is 0 Å². The summed E-state index contributed by atoms with van der Waals surface area (Å²) < 4.78 is 5.63. The molecule has 2 heterocycles. The largest absolute Gasteiger partial charge is 0.378 e. The number of nitrogens with zero attached hydrogens (tertiary/aromatic N) is 1. The van der Waals surface area contributed by atoms with Crippen LogP contribution in [0.25, 0.3) is 0 Å². The first-order chi connectivity index (χ1) is 9.99. The Morgan fingerprint density at radius 3 is 2.76 bits per heavy atom. The molecule has 0 aromatic carbocycles. The standard InChI is InChI=1S/C16H28N2O3/c1-11(2)15-16(20)18(12(3)10-14(19)17-15)8-4-6-13-7-5-9-21-13/h11-13,15H,4-10H2,1-3H3,(H,17,19). The average Bonchev–Trinajstić information content (AvgIpc) is 2.89. The van der Waals surface area contributed by atoms with Crippen molar-refractivity contribution >= 4 is 11.8 Å². The molecule has 0 bridgehead atoms. The number of ether oxygens (including phenoxy) is 1. The van der Waals surface area contributed by atoms with Gasteiger partial charge in [0.2, 0.25) is 11.8 Å². The molecule has 3 atom stereocenters. The molecule has 2 rings (SSSR count). The summed E-state index contributed by atoms with van der Waals surface area (Å²) in [7, 11) is 0. The van der Waals surface area contributed by atoms with Crippen LogP contribution in [-0.4, -0.2) is 48.1 Å². The first-order valence-electron chi connectivity index (χ1n) is 8.20. The lowest BCUT2D eigenvalue weighted by Crippen LogP contribution is -2.49. The fraction of sp³-hybridized carbons (Fsp3) is 0.875. The Morgan fingerprint density at radius 1 is 1.38 bits per heavy atom. The molecule has 2 amide bonds. The van der Waals surface area contributed by atoms with E-state index in [4.69, 9.17) is 4.74 Å². The number of amides is 2. The van der Waals surface area contributed by atoms with E-state index in [9.17, 15) is 9.59 Å². The molecule has 5 heteroatoms. The normalized spacial score (nSPS) is 30.7. The molecule has 0 spiro atoms. The zero-order valence-electron chi connectivity index (χ0n) is 13.4. The lowest BCUT2D eigenvalue weighted by atomic mass is 10.0. The molecule has 0 radical (unpaired) electrons. The van der Waals surface area contributed by atoms with Gasteiger partial charge in [0.15, 0.2) is 0 Å². The predicted molar refractivity (Wildman–Crippen MR) is 80.8 cm³/mol. The average molecular weight is 296 g/mol. The molecule has 0 aliphatic carbocycles. The van der Waals surface area contributed by atoms with Gasteiger partial charge in [-0.2, -0.15) is 0 Å². The van der Waals surface area contributed by atoms with E-state index >= 15 is 0 Å². The molecule has 0 aromatic rings. The van der Waals surface area contributed by atoms with Crippen LogP contribution in [0.4, 0.5) is 0 Å². The van der Waals surface area contributed by atoms with E-state index in [0.29, 0.717) is 12.5 Å². The molecule has 120 valence electrons. The van der Waals surface area contributed by atoms with Crippen molar-refractivity contribution in [2.24, 2.45) is 5.92 Å². The van der Waals surface area contributed by atoms with E-state index < -0.39 is 0 Å². The summed E-state index contributed by atoms with van der Waals surface area (Å²) >= 11 is 0. The lowest BCUT2D eigenvalue weighted by molar-refractivity contribution is -0.136. The van der Waals surface area contributed by atoms with Gasteiger partial charge in [-0.1, -0.05) is 13.8 Å². The van der Waals surface area contributed by atoms with Gasteiger partial charge in [-0.25, -0.2) is 0 Å². The van der Waals surface area contributed by atoms with Crippen molar-refractivity contribution in [3.63, 3.8) is 0 Å². The van der Waals surface area contributed by atoms with Crippen molar-refractivity contribution in [2.75, 3.05) is 13.2 Å². The monoisotopic (exact) mass is 296 g/mol. The summed E-state index contributed by atoms with van der Waals surface area (Å²) in [5.41, 5.74) is 0. The smallest absolute Gasteiger partial charge is 0.245 e. The topological polar surface area (TPSA) is 58.6 Å². The van der Waals surface area contributed by atoms with Gasteiger partial charge < -0.3 is 15.0 Å². The quantitative estimate of drug-likeness (QED) is 0.840. The van der Waals surface area contributed by atoms with Gasteiger partial charge in [0.05, 0.1) is 6.10 Å². The van der Waals surface area contributed by atoms with Crippen molar-refractivity contribution < 1.29 is 14.3 Å². The summed E-state index contributed by atoms with van der Waals surface area (Å²) in [5, 5.41) is 2.87. The number of hydrogen-bond acceptors (Lipinski definition) is 3. The first-order valence-corrected chi connectivity index (χ1v) is 8.20. The number of rotatable bonds is 5. The van der Waals surface area contributed by atoms with E-state index in [1.165, 1.54) is 0 Å². The van der Waals surface area contributed by atoms with Crippen LogP contribution in [0.1, 0.15) is 52.9 Å². The van der Waals surface area contributed by atoms with Gasteiger partial charge in [-0.3, -0.25) is 9.59 Å². The first kappa shape index (κ1) is 16.3. The maximum Gasteiger partial charge on any atom is 0.245 e. The molecular weight excluding hydrogens is 268 g/mol. The molecule has 5 nitrogen and oxygen atoms in total. The molecule has 0 saturated carbocycles. The van der Waals surface area contributed by atoms with E-state index in [1.807, 2.05) is 25.7 Å². The van der Waals surface area contributed by atoms with Gasteiger partial charge in [-0.15, -0.1) is 0 Å². The van der Waals surface area contributed by atoms with Crippen LogP contribution < -0.4 is 5.32 Å². The van der Waals surface area contributed by atoms with Crippen molar-refractivity contribution in [1.82, 2.24) is 10.2 Å². The van der Waals surface area contributed by atoms with Crippen molar-refractivity contribution in [1.29, 1.82) is 0 Å². The van der Waals surface area contributed by atoms with Gasteiger partial charge >= 0.3 is 0 Å². The van der Waals surface area contributed by atoms with E-state index in [-0.39, 0.29) is 29.8 Å². The molecule has 21 heavy (non-hydrogen) atoms. The Labute approximate surface area is 127 Å². The maximum absolute atomic E-state index is 12.7. The summed E-state index contributed by atoms with van der Waals surface area (Å²) in [6, 6.07) is -0.407. The van der Waals surface area contributed by atoms with Crippen LogP contribution in [0.5, 0.6) is 0 Å². The molecule has 2 aliphatic heterocycles. The lowest BCUT2D eigenvalue weighted by Gasteiger charge is -2.30. The Hall–Kier alpha value is -1.10. The third-order valence-electron chi connectivity index (χ3n) is 4.49. The zero-order valence-corrected chi connectivity index (χ0v) is 13.4. The molecule has 2 fully saturated rings. The third kappa shape index (κ3) is 4.19. The van der Waals surface area contributed by atoms with Crippen LogP contribution >= 0.6 is 0 Å². The fourth-order valence-corrected chi connectivity index (χ4v) is 3.21. The van der Waals surface area contributed by atoms with Gasteiger partial charge in [0.1, 0.15) is 6.04 Å². The van der Waals surface area contributed by atoms with Crippen molar-refractivity contribution in [3.8, 4) is 0 Å². The number of carbonyl (C=O) groups excluding carboxylic acids is 2. The molecule has 0 aromatic heterocycles. The highest BCUT2D eigenvalue weighted by molar-refractivity contribution is 5.90. The van der Waals surface area contributed by atoms with E-state index in [2.05, 4.69) is 5.32 Å². The second kappa shape index (κ2) is 7.25. The minimum atomic E-state index is -0.384. The van der Waals surface area contributed by atoms with Crippen molar-refractivity contribution in [3.05, 3.63) is 0 Å². The predicted octanol–water partition coefficient (Wildman–Crippen LogP) is 1.71. The number of carbonyl (C=O) groups is 2. The maximum atomic E-state index is 12.7. The highest BCUT2D eigenvalue weighted by atomic mass is 16.5. The van der Waals surface area contributed by atoms with Gasteiger partial charge in [-0.05, 0) is 38.5 Å². The van der Waals surface area contributed by atoms with Crippen LogP contribution in [0.2, 0.25) is 0 Å². The Bertz CT molecular complexity index is 378. The zero-order chi connectivity index (χ0) is 15.4. The van der Waals surface area contributed by atoms with Crippen molar-refractivity contribution in [2.45, 2.75) is 71.1 Å². The second-order valence-corrected chi connectivity index (χ2v) is 6.65. The summed E-state index contributed by atoms with van der Waals surface area (Å²) in [5.74, 6) is 0.166. The summed E-state index contributed by atoms with van der Waals surface area (Å²) in [4.78, 5) is 26.4. The minimum absolute atomic E-state index is 0.0174. The fourth-order valence-electron chi connectivity index (χ4n) is 3.21. The van der Waals surface area contributed by atoms with Gasteiger partial charge in [0.25, 0.3) is 0 Å². The summed E-state index contributed by atoms with van der Waals surface area (Å²) in [6.45, 7) is 7.51. The molecule has 3 unspecified atom stereocenters. The Morgan fingerprint density at radius 2 is 2.14 bits per heavy atom. The molecular formula is C16H28N2O3. The molecule has 1 N–H and O–H groups in total. The minimum Gasteiger partial charge on any atom is -0.378 e. The number of hydrogen-bond donors (Lipinski definition) is 1. The SMILES string of the molecule is CC(C)C1NC(=O)CC(C)N(CCCC2CCCO2)C1=O. The Balaban J connectivity index is 1.93. The van der Waals surface area contributed by atoms with Gasteiger partial charge in [0, 0.05) is 25.6 Å². The van der Waals surface area contributed by atoms with Crippen LogP contribution in [0.3, 0.4) is 0 Å². The highest BCUT2D eigenvalue weighted by Gasteiger charge is 2.35. The highest BCUT2D eigenvalue weighted by Crippen LogP contribution is 2.20. The van der Waals surface area contributed by atoms with E-state index in [0.717, 1.165) is 38.8 Å². The van der Waals surface area contributed by atoms with E-state index in [1.54, 1.807) is 0 Å². The van der Waals surface area contributed by atoms with Crippen LogP contribution in [-0.2, 0) is 14.3 Å².